The molecule has 1 aliphatic rings. The van der Waals surface area contributed by atoms with Gasteiger partial charge < -0.3 is 14.9 Å². The predicted molar refractivity (Wildman–Crippen MR) is 120 cm³/mol. The Bertz CT molecular complexity index is 334. The highest BCUT2D eigenvalue weighted by molar-refractivity contribution is 4.76. The normalized spacial score (nSPS) is 23.8. The van der Waals surface area contributed by atoms with Crippen LogP contribution in [0.3, 0.4) is 0 Å². The molecule has 1 heterocycles. The van der Waals surface area contributed by atoms with Crippen LogP contribution >= 0.6 is 0 Å². The van der Waals surface area contributed by atoms with Crippen LogP contribution in [0, 0.1) is 5.92 Å². The zero-order valence-electron chi connectivity index (χ0n) is 19.0. The quantitative estimate of drug-likeness (QED) is 0.250. The molecule has 0 radical (unpaired) electrons. The van der Waals surface area contributed by atoms with Crippen LogP contribution in [0.25, 0.3) is 0 Å². The van der Waals surface area contributed by atoms with Crippen LogP contribution in [0.2, 0.25) is 0 Å². The number of aliphatic hydroxyl groups excluding tert-OH is 2. The Balaban J connectivity index is 1.81. The molecule has 3 nitrogen and oxygen atoms in total. The molecule has 2 N–H and O–H groups in total. The van der Waals surface area contributed by atoms with Crippen molar-refractivity contribution in [2.75, 3.05) is 6.61 Å². The fourth-order valence-electron chi connectivity index (χ4n) is 4.51. The van der Waals surface area contributed by atoms with Gasteiger partial charge in [-0.15, -0.1) is 0 Å². The minimum Gasteiger partial charge on any atom is -0.393 e. The van der Waals surface area contributed by atoms with Crippen molar-refractivity contribution in [1.29, 1.82) is 0 Å². The van der Waals surface area contributed by atoms with Gasteiger partial charge in [0.2, 0.25) is 0 Å². The van der Waals surface area contributed by atoms with E-state index in [1.807, 2.05) is 0 Å². The van der Waals surface area contributed by atoms with Crippen molar-refractivity contribution in [3.63, 3.8) is 0 Å². The fourth-order valence-corrected chi connectivity index (χ4v) is 4.51. The number of hydrogen-bond donors (Lipinski definition) is 2. The lowest BCUT2D eigenvalue weighted by Crippen LogP contribution is -2.35. The molecule has 4 unspecified atom stereocenters. The standard InChI is InChI=1S/C25H50O3/c1-3-4-5-6-7-8-9-10-11-12-13-14-15-17-23(26)18-16-19-25-22(2)20-24(27)21-28-25/h22-27H,3-21H2,1-2H3. The predicted octanol–water partition coefficient (Wildman–Crippen LogP) is 6.78. The molecule has 1 rings (SSSR count). The molecule has 0 spiro atoms. The second-order valence-corrected chi connectivity index (χ2v) is 9.35. The highest BCUT2D eigenvalue weighted by atomic mass is 16.5. The molecule has 0 aromatic heterocycles. The van der Waals surface area contributed by atoms with Crippen molar-refractivity contribution in [2.24, 2.45) is 5.92 Å². The van der Waals surface area contributed by atoms with Gasteiger partial charge in [-0.25, -0.2) is 0 Å². The molecule has 3 heteroatoms. The maximum absolute atomic E-state index is 10.2. The van der Waals surface area contributed by atoms with Crippen LogP contribution < -0.4 is 0 Å². The SMILES string of the molecule is CCCCCCCCCCCCCCCC(O)CCCC1OCC(O)CC1C. The lowest BCUT2D eigenvalue weighted by atomic mass is 9.91. The Morgan fingerprint density at radius 1 is 0.786 bits per heavy atom. The lowest BCUT2D eigenvalue weighted by molar-refractivity contribution is -0.0885. The fraction of sp³-hybridized carbons (Fsp3) is 1.00. The van der Waals surface area contributed by atoms with Crippen molar-refractivity contribution in [2.45, 2.75) is 148 Å². The van der Waals surface area contributed by atoms with Gasteiger partial charge in [0.15, 0.2) is 0 Å². The Hall–Kier alpha value is -0.120. The summed E-state index contributed by atoms with van der Waals surface area (Å²) in [4.78, 5) is 0. The van der Waals surface area contributed by atoms with Crippen molar-refractivity contribution < 1.29 is 14.9 Å². The molecule has 0 amide bonds. The third-order valence-electron chi connectivity index (χ3n) is 6.45. The van der Waals surface area contributed by atoms with Crippen molar-refractivity contribution in [3.05, 3.63) is 0 Å². The lowest BCUT2D eigenvalue weighted by Gasteiger charge is -2.32. The van der Waals surface area contributed by atoms with E-state index in [4.69, 9.17) is 4.74 Å². The van der Waals surface area contributed by atoms with E-state index in [9.17, 15) is 10.2 Å². The number of ether oxygens (including phenoxy) is 1. The van der Waals surface area contributed by atoms with Crippen LogP contribution in [-0.2, 0) is 4.74 Å². The van der Waals surface area contributed by atoms with E-state index < -0.39 is 0 Å². The summed E-state index contributed by atoms with van der Waals surface area (Å²) in [5.74, 6) is 0.432. The van der Waals surface area contributed by atoms with Gasteiger partial charge >= 0.3 is 0 Å². The van der Waals surface area contributed by atoms with Gasteiger partial charge in [-0.05, 0) is 38.0 Å². The average molecular weight is 399 g/mol. The van der Waals surface area contributed by atoms with E-state index in [0.717, 1.165) is 32.1 Å². The van der Waals surface area contributed by atoms with Crippen molar-refractivity contribution in [1.82, 2.24) is 0 Å². The van der Waals surface area contributed by atoms with Gasteiger partial charge in [-0.2, -0.15) is 0 Å². The van der Waals surface area contributed by atoms with E-state index in [1.165, 1.54) is 83.5 Å². The zero-order valence-corrected chi connectivity index (χ0v) is 19.0. The number of aliphatic hydroxyl groups is 2. The molecule has 0 bridgehead atoms. The van der Waals surface area contributed by atoms with E-state index in [2.05, 4.69) is 13.8 Å². The first-order chi connectivity index (χ1) is 13.6. The smallest absolute Gasteiger partial charge is 0.0777 e. The molecule has 0 saturated carbocycles. The van der Waals surface area contributed by atoms with Crippen LogP contribution in [0.1, 0.15) is 129 Å². The monoisotopic (exact) mass is 398 g/mol. The molecule has 0 aromatic carbocycles. The average Bonchev–Trinajstić information content (AvgIpc) is 2.67. The van der Waals surface area contributed by atoms with Crippen LogP contribution in [0.4, 0.5) is 0 Å². The van der Waals surface area contributed by atoms with Crippen LogP contribution in [0.15, 0.2) is 0 Å². The summed E-state index contributed by atoms with van der Waals surface area (Å²) in [5, 5.41) is 19.8. The summed E-state index contributed by atoms with van der Waals surface area (Å²) in [7, 11) is 0. The number of hydrogen-bond acceptors (Lipinski definition) is 3. The third kappa shape index (κ3) is 14.0. The summed E-state index contributed by atoms with van der Waals surface area (Å²) in [6.07, 6.45) is 22.5. The van der Waals surface area contributed by atoms with Gasteiger partial charge in [-0.1, -0.05) is 97.3 Å². The molecule has 1 fully saturated rings. The minimum absolute atomic E-state index is 0.141. The molecule has 1 saturated heterocycles. The maximum atomic E-state index is 10.2. The molecule has 4 atom stereocenters. The van der Waals surface area contributed by atoms with E-state index in [-0.39, 0.29) is 18.3 Å². The highest BCUT2D eigenvalue weighted by Crippen LogP contribution is 2.25. The summed E-state index contributed by atoms with van der Waals surface area (Å²) in [5.41, 5.74) is 0. The van der Waals surface area contributed by atoms with Gasteiger partial charge in [0.05, 0.1) is 24.9 Å². The van der Waals surface area contributed by atoms with E-state index >= 15 is 0 Å². The Kier molecular flexibility index (Phi) is 16.4. The Morgan fingerprint density at radius 3 is 1.82 bits per heavy atom. The van der Waals surface area contributed by atoms with Crippen molar-refractivity contribution in [3.8, 4) is 0 Å². The third-order valence-corrected chi connectivity index (χ3v) is 6.45. The molecule has 1 aliphatic heterocycles. The second-order valence-electron chi connectivity index (χ2n) is 9.35. The highest BCUT2D eigenvalue weighted by Gasteiger charge is 2.26. The number of rotatable bonds is 18. The summed E-state index contributed by atoms with van der Waals surface area (Å²) >= 11 is 0. The Labute approximate surface area is 175 Å². The molecule has 0 aliphatic carbocycles. The van der Waals surface area contributed by atoms with Crippen LogP contribution in [-0.4, -0.2) is 35.1 Å². The van der Waals surface area contributed by atoms with E-state index in [0.29, 0.717) is 12.5 Å². The van der Waals surface area contributed by atoms with Gasteiger partial charge in [0.25, 0.3) is 0 Å². The molecule has 0 aromatic rings. The number of unbranched alkanes of at least 4 members (excludes halogenated alkanes) is 12. The second kappa shape index (κ2) is 17.7. The summed E-state index contributed by atoms with van der Waals surface area (Å²) < 4.78 is 5.73. The molecular formula is C25H50O3. The van der Waals surface area contributed by atoms with E-state index in [1.54, 1.807) is 0 Å². The topological polar surface area (TPSA) is 49.7 Å². The summed E-state index contributed by atoms with van der Waals surface area (Å²) in [6, 6.07) is 0. The van der Waals surface area contributed by atoms with Crippen molar-refractivity contribution >= 4 is 0 Å². The van der Waals surface area contributed by atoms with Gasteiger partial charge in [0.1, 0.15) is 0 Å². The minimum atomic E-state index is -0.285. The van der Waals surface area contributed by atoms with Gasteiger partial charge in [0, 0.05) is 0 Å². The zero-order chi connectivity index (χ0) is 20.5. The Morgan fingerprint density at radius 2 is 1.29 bits per heavy atom. The van der Waals surface area contributed by atoms with Crippen LogP contribution in [0.5, 0.6) is 0 Å². The maximum Gasteiger partial charge on any atom is 0.0777 e. The van der Waals surface area contributed by atoms with Gasteiger partial charge in [-0.3, -0.25) is 0 Å². The summed E-state index contributed by atoms with van der Waals surface area (Å²) in [6.45, 7) is 4.93. The first-order valence-electron chi connectivity index (χ1n) is 12.6. The molecule has 168 valence electrons. The molecular weight excluding hydrogens is 348 g/mol. The first-order valence-corrected chi connectivity index (χ1v) is 12.6. The first kappa shape index (κ1) is 25.9. The molecule has 28 heavy (non-hydrogen) atoms. The largest absolute Gasteiger partial charge is 0.393 e.